The number of hydrogen-bond acceptors (Lipinski definition) is 5. The minimum atomic E-state index is -0.642. The number of unbranched alkanes of at least 4 members (excludes halogenated alkanes) is 1. The first kappa shape index (κ1) is 20.9. The van der Waals surface area contributed by atoms with Gasteiger partial charge in [-0.05, 0) is 48.9 Å². The summed E-state index contributed by atoms with van der Waals surface area (Å²) >= 11 is 12.0. The molecule has 8 heteroatoms. The van der Waals surface area contributed by atoms with E-state index >= 15 is 0 Å². The molecule has 29 heavy (non-hydrogen) atoms. The molecular weight excluding hydrogens is 415 g/mol. The average molecular weight is 433 g/mol. The number of anilines is 2. The molecular formula is C21H18Cl2N2O4. The van der Waals surface area contributed by atoms with Gasteiger partial charge in [0, 0.05) is 10.7 Å². The quantitative estimate of drug-likeness (QED) is 0.388. The number of hydrogen-bond donors (Lipinski definition) is 1. The summed E-state index contributed by atoms with van der Waals surface area (Å²) in [7, 11) is 0. The van der Waals surface area contributed by atoms with Gasteiger partial charge in [0.1, 0.15) is 10.7 Å². The number of carbonyl (C=O) groups excluding carboxylic acids is 3. The number of nitrogens with one attached hydrogen (secondary N) is 1. The Morgan fingerprint density at radius 1 is 1.07 bits per heavy atom. The van der Waals surface area contributed by atoms with Crippen molar-refractivity contribution in [2.75, 3.05) is 16.8 Å². The van der Waals surface area contributed by atoms with Crippen LogP contribution in [0.3, 0.4) is 0 Å². The van der Waals surface area contributed by atoms with E-state index in [1.165, 1.54) is 6.07 Å². The molecule has 6 nitrogen and oxygen atoms in total. The molecule has 0 atom stereocenters. The molecule has 0 radical (unpaired) electrons. The predicted octanol–water partition coefficient (Wildman–Crippen LogP) is 4.73. The summed E-state index contributed by atoms with van der Waals surface area (Å²) in [4.78, 5) is 38.4. The fourth-order valence-corrected chi connectivity index (χ4v) is 3.04. The molecule has 2 aromatic carbocycles. The van der Waals surface area contributed by atoms with Gasteiger partial charge < -0.3 is 10.1 Å². The van der Waals surface area contributed by atoms with Gasteiger partial charge in [-0.3, -0.25) is 9.59 Å². The molecule has 1 aliphatic rings. The summed E-state index contributed by atoms with van der Waals surface area (Å²) < 4.78 is 5.19. The minimum Gasteiger partial charge on any atom is -0.462 e. The lowest BCUT2D eigenvalue weighted by atomic mass is 10.2. The molecule has 2 amide bonds. The Bertz CT molecular complexity index is 986. The van der Waals surface area contributed by atoms with Crippen molar-refractivity contribution in [3.63, 3.8) is 0 Å². The fourth-order valence-electron chi connectivity index (χ4n) is 2.70. The number of amides is 2. The van der Waals surface area contributed by atoms with Crippen LogP contribution in [0.25, 0.3) is 0 Å². The molecule has 0 saturated carbocycles. The van der Waals surface area contributed by atoms with Gasteiger partial charge in [-0.1, -0.05) is 42.6 Å². The second kappa shape index (κ2) is 9.11. The van der Waals surface area contributed by atoms with Crippen molar-refractivity contribution in [3.05, 3.63) is 69.8 Å². The van der Waals surface area contributed by atoms with Gasteiger partial charge in [-0.25, -0.2) is 9.69 Å². The van der Waals surface area contributed by atoms with E-state index in [-0.39, 0.29) is 10.7 Å². The third-order valence-corrected chi connectivity index (χ3v) is 4.81. The Balaban J connectivity index is 1.78. The molecule has 0 aliphatic carbocycles. The lowest BCUT2D eigenvalue weighted by molar-refractivity contribution is -0.120. The zero-order valence-electron chi connectivity index (χ0n) is 15.6. The van der Waals surface area contributed by atoms with Crippen LogP contribution in [0.4, 0.5) is 11.4 Å². The average Bonchev–Trinajstić information content (AvgIpc) is 2.92. The summed E-state index contributed by atoms with van der Waals surface area (Å²) in [6, 6.07) is 12.7. The Morgan fingerprint density at radius 2 is 1.79 bits per heavy atom. The van der Waals surface area contributed by atoms with Crippen LogP contribution in [0.1, 0.15) is 30.1 Å². The van der Waals surface area contributed by atoms with Crippen molar-refractivity contribution in [3.8, 4) is 0 Å². The van der Waals surface area contributed by atoms with Crippen molar-refractivity contribution in [1.82, 2.24) is 0 Å². The van der Waals surface area contributed by atoms with E-state index in [1.54, 1.807) is 42.5 Å². The maximum absolute atomic E-state index is 12.8. The highest BCUT2D eigenvalue weighted by Gasteiger charge is 2.38. The van der Waals surface area contributed by atoms with E-state index < -0.39 is 17.8 Å². The van der Waals surface area contributed by atoms with Crippen molar-refractivity contribution in [2.24, 2.45) is 0 Å². The summed E-state index contributed by atoms with van der Waals surface area (Å²) in [5.74, 6) is -1.70. The first-order chi connectivity index (χ1) is 13.9. The smallest absolute Gasteiger partial charge is 0.338 e. The number of ether oxygens (including phenoxy) is 1. The number of imide groups is 1. The Morgan fingerprint density at radius 3 is 2.48 bits per heavy atom. The summed E-state index contributed by atoms with van der Waals surface area (Å²) in [6.07, 6.45) is 1.70. The van der Waals surface area contributed by atoms with Crippen LogP contribution < -0.4 is 10.2 Å². The third-order valence-electron chi connectivity index (χ3n) is 4.21. The zero-order valence-corrected chi connectivity index (χ0v) is 17.1. The SMILES string of the molecule is CCCCOC(=O)c1cccc(NC2=C(Cl)C(=O)N(c3ccc(Cl)cc3)C2=O)c1. The molecule has 0 aromatic heterocycles. The molecule has 0 unspecified atom stereocenters. The number of benzene rings is 2. The Kier molecular flexibility index (Phi) is 6.56. The van der Waals surface area contributed by atoms with Gasteiger partial charge >= 0.3 is 5.97 Å². The second-order valence-corrected chi connectivity index (χ2v) is 7.12. The molecule has 3 rings (SSSR count). The monoisotopic (exact) mass is 432 g/mol. The van der Waals surface area contributed by atoms with Gasteiger partial charge in [0.2, 0.25) is 0 Å². The molecule has 150 valence electrons. The number of nitrogens with zero attached hydrogens (tertiary/aromatic N) is 1. The third kappa shape index (κ3) is 4.60. The van der Waals surface area contributed by atoms with Crippen LogP contribution in [0.5, 0.6) is 0 Å². The Hall–Kier alpha value is -2.83. The molecule has 0 spiro atoms. The number of carbonyl (C=O) groups is 3. The summed E-state index contributed by atoms with van der Waals surface area (Å²) in [5.41, 5.74) is 1.05. The number of esters is 1. The molecule has 1 aliphatic heterocycles. The van der Waals surface area contributed by atoms with E-state index in [0.717, 1.165) is 17.7 Å². The van der Waals surface area contributed by atoms with Crippen LogP contribution in [0.2, 0.25) is 5.02 Å². The van der Waals surface area contributed by atoms with E-state index in [2.05, 4.69) is 5.32 Å². The number of rotatable bonds is 7. The van der Waals surface area contributed by atoms with Crippen molar-refractivity contribution in [1.29, 1.82) is 0 Å². The molecule has 2 aromatic rings. The summed E-state index contributed by atoms with van der Waals surface area (Å²) in [6.45, 7) is 2.34. The molecule has 1 N–H and O–H groups in total. The standard InChI is InChI=1S/C21H18Cl2N2O4/c1-2-3-11-29-21(28)13-5-4-6-15(12-13)24-18-17(23)19(26)25(20(18)27)16-9-7-14(22)8-10-16/h4-10,12,24H,2-3,11H2,1H3. The van der Waals surface area contributed by atoms with Crippen molar-refractivity contribution >= 4 is 52.4 Å². The predicted molar refractivity (Wildman–Crippen MR) is 112 cm³/mol. The normalized spacial score (nSPS) is 13.8. The molecule has 0 fully saturated rings. The van der Waals surface area contributed by atoms with E-state index in [4.69, 9.17) is 27.9 Å². The van der Waals surface area contributed by atoms with E-state index in [1.807, 2.05) is 6.92 Å². The van der Waals surface area contributed by atoms with Gasteiger partial charge in [0.05, 0.1) is 17.9 Å². The van der Waals surface area contributed by atoms with E-state index in [0.29, 0.717) is 28.6 Å². The summed E-state index contributed by atoms with van der Waals surface area (Å²) in [5, 5.41) is 3.09. The van der Waals surface area contributed by atoms with Gasteiger partial charge in [0.15, 0.2) is 0 Å². The lowest BCUT2D eigenvalue weighted by Gasteiger charge is -2.15. The largest absolute Gasteiger partial charge is 0.462 e. The number of halogens is 2. The van der Waals surface area contributed by atoms with E-state index in [9.17, 15) is 14.4 Å². The molecule has 0 saturated heterocycles. The second-order valence-electron chi connectivity index (χ2n) is 6.31. The van der Waals surface area contributed by atoms with Crippen LogP contribution in [-0.4, -0.2) is 24.4 Å². The highest BCUT2D eigenvalue weighted by molar-refractivity contribution is 6.53. The van der Waals surface area contributed by atoms with Gasteiger partial charge in [0.25, 0.3) is 11.8 Å². The maximum Gasteiger partial charge on any atom is 0.338 e. The highest BCUT2D eigenvalue weighted by atomic mass is 35.5. The Labute approximate surface area is 178 Å². The van der Waals surface area contributed by atoms with Gasteiger partial charge in [-0.2, -0.15) is 0 Å². The molecule has 1 heterocycles. The molecule has 0 bridgehead atoms. The lowest BCUT2D eigenvalue weighted by Crippen LogP contribution is -2.32. The zero-order chi connectivity index (χ0) is 21.0. The van der Waals surface area contributed by atoms with Crippen molar-refractivity contribution in [2.45, 2.75) is 19.8 Å². The van der Waals surface area contributed by atoms with Crippen LogP contribution in [-0.2, 0) is 14.3 Å². The maximum atomic E-state index is 12.8. The first-order valence-corrected chi connectivity index (χ1v) is 9.76. The van der Waals surface area contributed by atoms with Crippen LogP contribution >= 0.6 is 23.2 Å². The minimum absolute atomic E-state index is 0.0666. The van der Waals surface area contributed by atoms with Crippen LogP contribution in [0, 0.1) is 0 Å². The van der Waals surface area contributed by atoms with Crippen LogP contribution in [0.15, 0.2) is 59.3 Å². The first-order valence-electron chi connectivity index (χ1n) is 9.00. The topological polar surface area (TPSA) is 75.7 Å². The van der Waals surface area contributed by atoms with Gasteiger partial charge in [-0.15, -0.1) is 0 Å². The fraction of sp³-hybridized carbons (Fsp3) is 0.190. The van der Waals surface area contributed by atoms with Crippen molar-refractivity contribution < 1.29 is 19.1 Å². The highest BCUT2D eigenvalue weighted by Crippen LogP contribution is 2.30.